The summed E-state index contributed by atoms with van der Waals surface area (Å²) in [5.74, 6) is 0.850. The van der Waals surface area contributed by atoms with Crippen molar-refractivity contribution in [2.45, 2.75) is 30.4 Å². The van der Waals surface area contributed by atoms with Crippen molar-refractivity contribution in [3.63, 3.8) is 0 Å². The second-order valence-corrected chi connectivity index (χ2v) is 5.66. The van der Waals surface area contributed by atoms with Gasteiger partial charge < -0.3 is 9.84 Å². The zero-order valence-corrected chi connectivity index (χ0v) is 9.02. The van der Waals surface area contributed by atoms with Gasteiger partial charge in [-0.2, -0.15) is 0 Å². The van der Waals surface area contributed by atoms with Crippen molar-refractivity contribution < 1.29 is 14.6 Å². The lowest BCUT2D eigenvalue weighted by Gasteiger charge is -2.25. The number of thioether (sulfide) groups is 1. The van der Waals surface area contributed by atoms with Gasteiger partial charge in [-0.05, 0) is 37.4 Å². The van der Waals surface area contributed by atoms with Gasteiger partial charge in [0, 0.05) is 13.2 Å². The van der Waals surface area contributed by atoms with Crippen molar-refractivity contribution >= 4 is 17.7 Å². The van der Waals surface area contributed by atoms with Gasteiger partial charge >= 0.3 is 5.97 Å². The Hall–Kier alpha value is -0.220. The summed E-state index contributed by atoms with van der Waals surface area (Å²) in [6.07, 6.45) is 3.72. The van der Waals surface area contributed by atoms with E-state index in [2.05, 4.69) is 0 Å². The van der Waals surface area contributed by atoms with E-state index in [0.29, 0.717) is 5.92 Å². The quantitative estimate of drug-likeness (QED) is 0.781. The van der Waals surface area contributed by atoms with E-state index in [1.54, 1.807) is 11.8 Å². The molecular formula is C10H16O3S. The summed E-state index contributed by atoms with van der Waals surface area (Å²) in [7, 11) is 0. The average molecular weight is 216 g/mol. The monoisotopic (exact) mass is 216 g/mol. The van der Waals surface area contributed by atoms with Gasteiger partial charge in [-0.1, -0.05) is 0 Å². The molecule has 0 aromatic carbocycles. The average Bonchev–Trinajstić information content (AvgIpc) is 2.76. The van der Waals surface area contributed by atoms with Crippen molar-refractivity contribution in [3.8, 4) is 0 Å². The molecule has 2 unspecified atom stereocenters. The molecule has 0 amide bonds. The smallest absolute Gasteiger partial charge is 0.319 e. The molecule has 0 spiro atoms. The SMILES string of the molecule is O=C(O)C1(CC2CCOC2)CCCS1. The Balaban J connectivity index is 1.99. The first-order valence-corrected chi connectivity index (χ1v) is 6.17. The molecule has 2 fully saturated rings. The molecule has 1 N–H and O–H groups in total. The Kier molecular flexibility index (Phi) is 3.02. The largest absolute Gasteiger partial charge is 0.480 e. The van der Waals surface area contributed by atoms with Crippen LogP contribution in [0.2, 0.25) is 0 Å². The Labute approximate surface area is 88.2 Å². The van der Waals surface area contributed by atoms with E-state index in [1.807, 2.05) is 0 Å². The van der Waals surface area contributed by atoms with Crippen LogP contribution in [0.3, 0.4) is 0 Å². The molecule has 3 nitrogen and oxygen atoms in total. The Bertz CT molecular complexity index is 217. The standard InChI is InChI=1S/C10H16O3S/c11-9(12)10(3-1-5-14-10)6-8-2-4-13-7-8/h8H,1-7H2,(H,11,12). The topological polar surface area (TPSA) is 46.5 Å². The van der Waals surface area contributed by atoms with Crippen LogP contribution in [0, 0.1) is 5.92 Å². The molecule has 2 aliphatic heterocycles. The number of ether oxygens (including phenoxy) is 1. The Morgan fingerprint density at radius 1 is 1.64 bits per heavy atom. The summed E-state index contributed by atoms with van der Waals surface area (Å²) < 4.78 is 4.80. The zero-order valence-electron chi connectivity index (χ0n) is 8.20. The molecule has 0 radical (unpaired) electrons. The van der Waals surface area contributed by atoms with E-state index < -0.39 is 10.7 Å². The summed E-state index contributed by atoms with van der Waals surface area (Å²) in [6, 6.07) is 0. The van der Waals surface area contributed by atoms with E-state index in [9.17, 15) is 9.90 Å². The molecule has 0 bridgehead atoms. The van der Waals surface area contributed by atoms with Crippen molar-refractivity contribution in [1.29, 1.82) is 0 Å². The molecule has 2 aliphatic rings. The number of carboxylic acids is 1. The molecule has 14 heavy (non-hydrogen) atoms. The lowest BCUT2D eigenvalue weighted by atomic mass is 9.90. The molecule has 2 heterocycles. The highest BCUT2D eigenvalue weighted by atomic mass is 32.2. The summed E-state index contributed by atoms with van der Waals surface area (Å²) in [6.45, 7) is 1.57. The molecule has 4 heteroatoms. The van der Waals surface area contributed by atoms with E-state index in [-0.39, 0.29) is 0 Å². The van der Waals surface area contributed by atoms with Gasteiger partial charge in [0.05, 0.1) is 0 Å². The number of carbonyl (C=O) groups is 1. The van der Waals surface area contributed by atoms with Gasteiger partial charge in [0.15, 0.2) is 0 Å². The fourth-order valence-electron chi connectivity index (χ4n) is 2.33. The Morgan fingerprint density at radius 2 is 2.50 bits per heavy atom. The van der Waals surface area contributed by atoms with Gasteiger partial charge in [0.25, 0.3) is 0 Å². The van der Waals surface area contributed by atoms with Gasteiger partial charge in [-0.3, -0.25) is 4.79 Å². The first-order valence-electron chi connectivity index (χ1n) is 5.18. The minimum absolute atomic E-state index is 0.469. The normalized spacial score (nSPS) is 37.6. The highest BCUT2D eigenvalue weighted by molar-refractivity contribution is 8.01. The van der Waals surface area contributed by atoms with E-state index in [4.69, 9.17) is 4.74 Å². The molecule has 2 rings (SSSR count). The molecule has 0 aliphatic carbocycles. The highest BCUT2D eigenvalue weighted by Crippen LogP contribution is 2.44. The molecule has 0 saturated carbocycles. The molecule has 0 aromatic rings. The summed E-state index contributed by atoms with van der Waals surface area (Å²) >= 11 is 1.63. The van der Waals surface area contributed by atoms with Crippen molar-refractivity contribution in [2.24, 2.45) is 5.92 Å². The maximum Gasteiger partial charge on any atom is 0.319 e. The maximum absolute atomic E-state index is 11.2. The van der Waals surface area contributed by atoms with Crippen molar-refractivity contribution in [2.75, 3.05) is 19.0 Å². The van der Waals surface area contributed by atoms with Crippen LogP contribution in [-0.2, 0) is 9.53 Å². The van der Waals surface area contributed by atoms with Crippen LogP contribution < -0.4 is 0 Å². The van der Waals surface area contributed by atoms with E-state index in [1.165, 1.54) is 0 Å². The fourth-order valence-corrected chi connectivity index (χ4v) is 3.77. The van der Waals surface area contributed by atoms with Crippen LogP contribution in [0.15, 0.2) is 0 Å². The third kappa shape index (κ3) is 1.91. The van der Waals surface area contributed by atoms with Gasteiger partial charge in [0.1, 0.15) is 4.75 Å². The van der Waals surface area contributed by atoms with Gasteiger partial charge in [-0.25, -0.2) is 0 Å². The minimum Gasteiger partial charge on any atom is -0.480 e. The predicted octanol–water partition coefficient (Wildman–Crippen LogP) is 1.76. The van der Waals surface area contributed by atoms with Gasteiger partial charge in [-0.15, -0.1) is 11.8 Å². The second kappa shape index (κ2) is 4.11. The van der Waals surface area contributed by atoms with Crippen molar-refractivity contribution in [1.82, 2.24) is 0 Å². The summed E-state index contributed by atoms with van der Waals surface area (Å²) in [4.78, 5) is 11.2. The molecule has 80 valence electrons. The van der Waals surface area contributed by atoms with Crippen molar-refractivity contribution in [3.05, 3.63) is 0 Å². The first-order chi connectivity index (χ1) is 6.73. The van der Waals surface area contributed by atoms with Crippen LogP contribution in [0.5, 0.6) is 0 Å². The van der Waals surface area contributed by atoms with Crippen LogP contribution in [0.1, 0.15) is 25.7 Å². The number of carboxylic acid groups (broad SMARTS) is 1. The third-order valence-corrected chi connectivity index (χ3v) is 4.73. The summed E-state index contributed by atoms with van der Waals surface area (Å²) in [5, 5.41) is 9.26. The summed E-state index contributed by atoms with van der Waals surface area (Å²) in [5.41, 5.74) is 0. The molecule has 2 atom stereocenters. The number of hydrogen-bond acceptors (Lipinski definition) is 3. The second-order valence-electron chi connectivity index (χ2n) is 4.19. The number of hydrogen-bond donors (Lipinski definition) is 1. The lowest BCUT2D eigenvalue weighted by Crippen LogP contribution is -2.34. The lowest BCUT2D eigenvalue weighted by molar-refractivity contribution is -0.140. The first kappa shape index (κ1) is 10.3. The Morgan fingerprint density at radius 3 is 3.00 bits per heavy atom. The maximum atomic E-state index is 11.2. The van der Waals surface area contributed by atoms with Crippen LogP contribution in [0.4, 0.5) is 0 Å². The van der Waals surface area contributed by atoms with E-state index >= 15 is 0 Å². The zero-order chi connectivity index (χ0) is 10.0. The molecule has 0 aromatic heterocycles. The van der Waals surface area contributed by atoms with E-state index in [0.717, 1.165) is 44.6 Å². The minimum atomic E-state index is -0.619. The molecule has 2 saturated heterocycles. The molecular weight excluding hydrogens is 200 g/mol. The van der Waals surface area contributed by atoms with Crippen LogP contribution in [0.25, 0.3) is 0 Å². The van der Waals surface area contributed by atoms with Crippen LogP contribution in [-0.4, -0.2) is 34.8 Å². The van der Waals surface area contributed by atoms with Crippen LogP contribution >= 0.6 is 11.8 Å². The number of aliphatic carboxylic acids is 1. The highest BCUT2D eigenvalue weighted by Gasteiger charge is 2.44. The number of rotatable bonds is 3. The van der Waals surface area contributed by atoms with Gasteiger partial charge in [0.2, 0.25) is 0 Å². The predicted molar refractivity (Wildman–Crippen MR) is 55.6 cm³/mol. The third-order valence-electron chi connectivity index (χ3n) is 3.14. The fraction of sp³-hybridized carbons (Fsp3) is 0.900.